The van der Waals surface area contributed by atoms with E-state index >= 15 is 0 Å². The van der Waals surface area contributed by atoms with Gasteiger partial charge in [0.15, 0.2) is 0 Å². The molecule has 0 saturated heterocycles. The van der Waals surface area contributed by atoms with Crippen molar-refractivity contribution in [1.82, 2.24) is 10.2 Å². The van der Waals surface area contributed by atoms with Gasteiger partial charge in [-0.3, -0.25) is 9.59 Å². The average molecular weight is 524 g/mol. The van der Waals surface area contributed by atoms with E-state index in [-0.39, 0.29) is 23.6 Å². The molecule has 1 N–H and O–H groups in total. The number of benzene rings is 2. The average Bonchev–Trinajstić information content (AvgIpc) is 2.77. The van der Waals surface area contributed by atoms with E-state index < -0.39 is 6.04 Å². The topological polar surface area (TPSA) is 49.4 Å². The molecule has 1 fully saturated rings. The van der Waals surface area contributed by atoms with Gasteiger partial charge in [-0.05, 0) is 61.7 Å². The summed E-state index contributed by atoms with van der Waals surface area (Å²) >= 11 is 10.9. The van der Waals surface area contributed by atoms with Crippen LogP contribution in [0.4, 0.5) is 0 Å². The Labute approximate surface area is 202 Å². The third kappa shape index (κ3) is 7.55. The molecule has 0 unspecified atom stereocenters. The summed E-state index contributed by atoms with van der Waals surface area (Å²) in [5.41, 5.74) is 0.983. The van der Waals surface area contributed by atoms with Crippen LogP contribution in [0.1, 0.15) is 44.6 Å². The zero-order valence-corrected chi connectivity index (χ0v) is 20.8. The van der Waals surface area contributed by atoms with Crippen LogP contribution in [0, 0.1) is 0 Å². The fraction of sp³-hybridized carbons (Fsp3) is 0.417. The molecule has 31 heavy (non-hydrogen) atoms. The van der Waals surface area contributed by atoms with Crippen LogP contribution in [-0.4, -0.2) is 34.6 Å². The Morgan fingerprint density at radius 1 is 1.16 bits per heavy atom. The van der Waals surface area contributed by atoms with Crippen LogP contribution >= 0.6 is 39.3 Å². The van der Waals surface area contributed by atoms with Crippen molar-refractivity contribution in [3.63, 3.8) is 0 Å². The lowest BCUT2D eigenvalue weighted by molar-refractivity contribution is -0.139. The zero-order chi connectivity index (χ0) is 22.2. The highest BCUT2D eigenvalue weighted by Crippen LogP contribution is 2.23. The molecule has 1 saturated carbocycles. The number of thioether (sulfide) groups is 1. The fourth-order valence-electron chi connectivity index (χ4n) is 3.74. The summed E-state index contributed by atoms with van der Waals surface area (Å²) in [4.78, 5) is 28.8. The molecule has 2 aromatic rings. The van der Waals surface area contributed by atoms with Crippen LogP contribution in [0.3, 0.4) is 0 Å². The molecule has 7 heteroatoms. The Balaban J connectivity index is 1.70. The summed E-state index contributed by atoms with van der Waals surface area (Å²) in [6, 6.07) is 15.0. The van der Waals surface area contributed by atoms with Gasteiger partial charge in [-0.25, -0.2) is 0 Å². The normalized spacial score (nSPS) is 15.3. The molecule has 2 aromatic carbocycles. The highest BCUT2D eigenvalue weighted by Gasteiger charge is 2.28. The maximum absolute atomic E-state index is 13.2. The zero-order valence-electron chi connectivity index (χ0n) is 17.7. The number of hydrogen-bond donors (Lipinski definition) is 1. The summed E-state index contributed by atoms with van der Waals surface area (Å²) in [5.74, 6) is 0.120. The second kappa shape index (κ2) is 11.9. The molecule has 0 bridgehead atoms. The quantitative estimate of drug-likeness (QED) is 0.428. The van der Waals surface area contributed by atoms with Gasteiger partial charge in [0.1, 0.15) is 6.04 Å². The van der Waals surface area contributed by atoms with Crippen LogP contribution < -0.4 is 5.32 Å². The van der Waals surface area contributed by atoms with E-state index in [4.69, 9.17) is 11.6 Å². The molecule has 166 valence electrons. The third-order valence-electron chi connectivity index (χ3n) is 5.54. The molecule has 2 amide bonds. The Morgan fingerprint density at radius 2 is 1.87 bits per heavy atom. The second-order valence-corrected chi connectivity index (χ2v) is 10.3. The van der Waals surface area contributed by atoms with Gasteiger partial charge in [0.2, 0.25) is 11.8 Å². The molecule has 3 rings (SSSR count). The van der Waals surface area contributed by atoms with E-state index in [0.29, 0.717) is 11.6 Å². The SMILES string of the molecule is C[C@H](C(=O)NC1CCCCC1)N(Cc1cccc(Br)c1)C(=O)CSc1ccc(Cl)cc1. The number of amides is 2. The lowest BCUT2D eigenvalue weighted by Crippen LogP contribution is -2.50. The first-order valence-electron chi connectivity index (χ1n) is 10.6. The van der Waals surface area contributed by atoms with Gasteiger partial charge in [-0.15, -0.1) is 11.8 Å². The van der Waals surface area contributed by atoms with Crippen LogP contribution in [0.15, 0.2) is 57.9 Å². The van der Waals surface area contributed by atoms with Gasteiger partial charge in [-0.1, -0.05) is 58.9 Å². The van der Waals surface area contributed by atoms with Crippen molar-refractivity contribution in [2.45, 2.75) is 62.6 Å². The molecule has 0 aromatic heterocycles. The fourth-order valence-corrected chi connectivity index (χ4v) is 5.10. The Kier molecular flexibility index (Phi) is 9.30. The minimum Gasteiger partial charge on any atom is -0.352 e. The molecule has 0 aliphatic heterocycles. The van der Waals surface area contributed by atoms with Gasteiger partial charge in [0.25, 0.3) is 0 Å². The standard InChI is InChI=1S/C24H28BrClN2O2S/c1-17(24(30)27-21-8-3-2-4-9-21)28(15-18-6-5-7-19(25)14-18)23(29)16-31-22-12-10-20(26)11-13-22/h5-7,10-14,17,21H,2-4,8-9,15-16H2,1H3,(H,27,30)/t17-/m1/s1. The van der Waals surface area contributed by atoms with E-state index in [1.54, 1.807) is 4.90 Å². The predicted molar refractivity (Wildman–Crippen MR) is 131 cm³/mol. The molecule has 1 aliphatic rings. The van der Waals surface area contributed by atoms with Crippen molar-refractivity contribution in [2.24, 2.45) is 0 Å². The van der Waals surface area contributed by atoms with Crippen LogP contribution in [-0.2, 0) is 16.1 Å². The molecule has 0 radical (unpaired) electrons. The van der Waals surface area contributed by atoms with E-state index in [1.807, 2.05) is 55.5 Å². The lowest BCUT2D eigenvalue weighted by Gasteiger charge is -2.31. The van der Waals surface area contributed by atoms with Crippen LogP contribution in [0.5, 0.6) is 0 Å². The Bertz CT molecular complexity index is 887. The minimum absolute atomic E-state index is 0.0637. The van der Waals surface area contributed by atoms with Gasteiger partial charge in [0, 0.05) is 27.0 Å². The molecule has 4 nitrogen and oxygen atoms in total. The Hall–Kier alpha value is -1.50. The van der Waals surface area contributed by atoms with E-state index in [0.717, 1.165) is 40.6 Å². The van der Waals surface area contributed by atoms with Crippen molar-refractivity contribution in [2.75, 3.05) is 5.75 Å². The monoisotopic (exact) mass is 522 g/mol. The molecular formula is C24H28BrClN2O2S. The minimum atomic E-state index is -0.542. The number of nitrogens with one attached hydrogen (secondary N) is 1. The summed E-state index contributed by atoms with van der Waals surface area (Å²) in [6.07, 6.45) is 5.57. The van der Waals surface area contributed by atoms with Crippen molar-refractivity contribution in [3.8, 4) is 0 Å². The molecule has 1 aliphatic carbocycles. The highest BCUT2D eigenvalue weighted by molar-refractivity contribution is 9.10. The van der Waals surface area contributed by atoms with Crippen LogP contribution in [0.2, 0.25) is 5.02 Å². The van der Waals surface area contributed by atoms with Crippen molar-refractivity contribution in [3.05, 3.63) is 63.6 Å². The van der Waals surface area contributed by atoms with Gasteiger partial charge in [-0.2, -0.15) is 0 Å². The third-order valence-corrected chi connectivity index (χ3v) is 7.28. The maximum atomic E-state index is 13.2. The first-order chi connectivity index (χ1) is 14.9. The molecular weight excluding hydrogens is 496 g/mol. The summed E-state index contributed by atoms with van der Waals surface area (Å²) < 4.78 is 0.951. The first-order valence-corrected chi connectivity index (χ1v) is 12.8. The number of carbonyl (C=O) groups excluding carboxylic acids is 2. The van der Waals surface area contributed by atoms with E-state index in [9.17, 15) is 9.59 Å². The van der Waals surface area contributed by atoms with Crippen molar-refractivity contribution < 1.29 is 9.59 Å². The van der Waals surface area contributed by atoms with Gasteiger partial charge in [0.05, 0.1) is 5.75 Å². The van der Waals surface area contributed by atoms with Crippen molar-refractivity contribution >= 4 is 51.1 Å². The summed E-state index contributed by atoms with van der Waals surface area (Å²) in [5, 5.41) is 3.83. The summed E-state index contributed by atoms with van der Waals surface area (Å²) in [7, 11) is 0. The maximum Gasteiger partial charge on any atom is 0.242 e. The number of hydrogen-bond acceptors (Lipinski definition) is 3. The first kappa shape index (κ1) is 24.1. The number of rotatable bonds is 8. The smallest absolute Gasteiger partial charge is 0.242 e. The second-order valence-electron chi connectivity index (χ2n) is 7.91. The van der Waals surface area contributed by atoms with Crippen LogP contribution in [0.25, 0.3) is 0 Å². The summed E-state index contributed by atoms with van der Waals surface area (Å²) in [6.45, 7) is 2.21. The van der Waals surface area contributed by atoms with Gasteiger partial charge < -0.3 is 10.2 Å². The molecule has 0 spiro atoms. The molecule has 0 heterocycles. The number of nitrogens with zero attached hydrogens (tertiary/aromatic N) is 1. The van der Waals surface area contributed by atoms with Gasteiger partial charge >= 0.3 is 0 Å². The Morgan fingerprint density at radius 3 is 2.55 bits per heavy atom. The number of halogens is 2. The largest absolute Gasteiger partial charge is 0.352 e. The van der Waals surface area contributed by atoms with E-state index in [2.05, 4.69) is 21.2 Å². The molecule has 1 atom stereocenters. The highest BCUT2D eigenvalue weighted by atomic mass is 79.9. The van der Waals surface area contributed by atoms with Crippen molar-refractivity contribution in [1.29, 1.82) is 0 Å². The predicted octanol–water partition coefficient (Wildman–Crippen LogP) is 6.06. The van der Waals surface area contributed by atoms with E-state index in [1.165, 1.54) is 18.2 Å². The lowest BCUT2D eigenvalue weighted by atomic mass is 9.95. The number of carbonyl (C=O) groups is 2.